The number of carbonyl (C=O) groups excluding carboxylic acids is 1. The molecule has 0 radical (unpaired) electrons. The molecule has 2 rings (SSSR count). The van der Waals surface area contributed by atoms with E-state index in [2.05, 4.69) is 15.8 Å². The van der Waals surface area contributed by atoms with E-state index in [0.717, 1.165) is 17.0 Å². The summed E-state index contributed by atoms with van der Waals surface area (Å²) >= 11 is 5.84. The molecular formula is C18H20ClN3O2. The Labute approximate surface area is 146 Å². The van der Waals surface area contributed by atoms with Gasteiger partial charge < -0.3 is 10.1 Å². The molecule has 0 aromatic heterocycles. The molecule has 2 aromatic carbocycles. The van der Waals surface area contributed by atoms with E-state index in [-0.39, 0.29) is 12.5 Å². The summed E-state index contributed by atoms with van der Waals surface area (Å²) < 4.78 is 5.37. The van der Waals surface area contributed by atoms with E-state index in [9.17, 15) is 4.79 Å². The number of rotatable bonds is 7. The van der Waals surface area contributed by atoms with Crippen molar-refractivity contribution in [2.24, 2.45) is 5.10 Å². The number of ether oxygens (including phenoxy) is 1. The zero-order chi connectivity index (χ0) is 17.4. The van der Waals surface area contributed by atoms with Gasteiger partial charge in [0, 0.05) is 10.7 Å². The largest absolute Gasteiger partial charge is 0.494 e. The smallest absolute Gasteiger partial charge is 0.259 e. The molecule has 0 heterocycles. The molecule has 0 aliphatic carbocycles. The molecule has 0 aliphatic rings. The van der Waals surface area contributed by atoms with Crippen molar-refractivity contribution in [2.45, 2.75) is 13.8 Å². The first-order valence-electron chi connectivity index (χ1n) is 7.64. The number of hydrazone groups is 1. The predicted molar refractivity (Wildman–Crippen MR) is 97.9 cm³/mol. The van der Waals surface area contributed by atoms with Crippen LogP contribution in [0.25, 0.3) is 0 Å². The van der Waals surface area contributed by atoms with Gasteiger partial charge in [-0.1, -0.05) is 23.7 Å². The molecule has 2 N–H and O–H groups in total. The van der Waals surface area contributed by atoms with Crippen molar-refractivity contribution < 1.29 is 9.53 Å². The first kappa shape index (κ1) is 17.8. The third-order valence-corrected chi connectivity index (χ3v) is 3.48. The lowest BCUT2D eigenvalue weighted by Gasteiger charge is -2.07. The highest BCUT2D eigenvalue weighted by atomic mass is 35.5. The number of nitrogens with one attached hydrogen (secondary N) is 2. The molecule has 24 heavy (non-hydrogen) atoms. The van der Waals surface area contributed by atoms with E-state index in [1.54, 1.807) is 12.1 Å². The molecule has 6 heteroatoms. The minimum atomic E-state index is -0.225. The van der Waals surface area contributed by atoms with Gasteiger partial charge >= 0.3 is 0 Å². The third kappa shape index (κ3) is 5.59. The zero-order valence-corrected chi connectivity index (χ0v) is 14.4. The van der Waals surface area contributed by atoms with Crippen molar-refractivity contribution in [3.63, 3.8) is 0 Å². The summed E-state index contributed by atoms with van der Waals surface area (Å²) in [7, 11) is 0. The summed E-state index contributed by atoms with van der Waals surface area (Å²) in [5.41, 5.74) is 4.98. The van der Waals surface area contributed by atoms with Gasteiger partial charge in [0.15, 0.2) is 0 Å². The molecule has 0 fully saturated rings. The first-order chi connectivity index (χ1) is 11.6. The Morgan fingerprint density at radius 1 is 1.12 bits per heavy atom. The summed E-state index contributed by atoms with van der Waals surface area (Å²) in [6.45, 7) is 4.51. The van der Waals surface area contributed by atoms with Crippen molar-refractivity contribution in [3.05, 3.63) is 59.1 Å². The summed E-state index contributed by atoms with van der Waals surface area (Å²) in [4.78, 5) is 11.8. The van der Waals surface area contributed by atoms with Crippen LogP contribution in [0.4, 0.5) is 5.69 Å². The van der Waals surface area contributed by atoms with E-state index >= 15 is 0 Å². The Morgan fingerprint density at radius 2 is 1.79 bits per heavy atom. The number of hydrogen-bond acceptors (Lipinski definition) is 4. The maximum atomic E-state index is 11.8. The van der Waals surface area contributed by atoms with Gasteiger partial charge in [0.25, 0.3) is 5.91 Å². The molecule has 2 aromatic rings. The fourth-order valence-electron chi connectivity index (χ4n) is 1.96. The van der Waals surface area contributed by atoms with Crippen molar-refractivity contribution in [1.29, 1.82) is 0 Å². The Bertz CT molecular complexity index is 697. The van der Waals surface area contributed by atoms with Crippen LogP contribution in [0.5, 0.6) is 5.75 Å². The van der Waals surface area contributed by atoms with Gasteiger partial charge in [-0.05, 0) is 55.8 Å². The molecule has 0 spiro atoms. The van der Waals surface area contributed by atoms with Gasteiger partial charge in [0.05, 0.1) is 18.9 Å². The van der Waals surface area contributed by atoms with Crippen LogP contribution in [0.15, 0.2) is 53.6 Å². The van der Waals surface area contributed by atoms with Crippen LogP contribution in [0.3, 0.4) is 0 Å². The molecule has 0 unspecified atom stereocenters. The van der Waals surface area contributed by atoms with E-state index in [0.29, 0.717) is 17.3 Å². The number of amides is 1. The molecule has 0 atom stereocenters. The van der Waals surface area contributed by atoms with E-state index in [1.165, 1.54) is 0 Å². The highest BCUT2D eigenvalue weighted by Gasteiger charge is 2.02. The van der Waals surface area contributed by atoms with Crippen molar-refractivity contribution in [3.8, 4) is 5.75 Å². The minimum absolute atomic E-state index is 0.130. The Morgan fingerprint density at radius 3 is 2.42 bits per heavy atom. The SMILES string of the molecule is CCOc1ccc(NCC(=O)N/N=C(/C)c2ccc(Cl)cc2)cc1. The lowest BCUT2D eigenvalue weighted by molar-refractivity contribution is -0.119. The standard InChI is InChI=1S/C18H20ClN3O2/c1-3-24-17-10-8-16(9-11-17)20-12-18(23)22-21-13(2)14-4-6-15(19)7-5-14/h4-11,20H,3,12H2,1-2H3,(H,22,23)/b21-13-. The van der Waals surface area contributed by atoms with Crippen LogP contribution in [-0.4, -0.2) is 24.8 Å². The average Bonchev–Trinajstić information content (AvgIpc) is 2.60. The molecule has 126 valence electrons. The summed E-state index contributed by atoms with van der Waals surface area (Å²) in [6, 6.07) is 14.7. The number of anilines is 1. The second-order valence-corrected chi connectivity index (χ2v) is 5.49. The maximum absolute atomic E-state index is 11.8. The number of halogens is 1. The Kier molecular flexibility index (Phi) is 6.63. The summed E-state index contributed by atoms with van der Waals surface area (Å²) in [5, 5.41) is 7.78. The number of nitrogens with zero attached hydrogens (tertiary/aromatic N) is 1. The minimum Gasteiger partial charge on any atom is -0.494 e. The second-order valence-electron chi connectivity index (χ2n) is 5.05. The fraction of sp³-hybridized carbons (Fsp3) is 0.222. The lowest BCUT2D eigenvalue weighted by atomic mass is 10.1. The molecule has 0 aliphatic heterocycles. The highest BCUT2D eigenvalue weighted by molar-refractivity contribution is 6.30. The summed E-state index contributed by atoms with van der Waals surface area (Å²) in [6.07, 6.45) is 0. The van der Waals surface area contributed by atoms with Gasteiger partial charge in [-0.25, -0.2) is 5.43 Å². The van der Waals surface area contributed by atoms with E-state index < -0.39 is 0 Å². The molecule has 0 bridgehead atoms. The van der Waals surface area contributed by atoms with Gasteiger partial charge in [-0.2, -0.15) is 5.10 Å². The van der Waals surface area contributed by atoms with Gasteiger partial charge in [-0.3, -0.25) is 4.79 Å². The predicted octanol–water partition coefficient (Wildman–Crippen LogP) is 3.69. The van der Waals surface area contributed by atoms with E-state index in [1.807, 2.05) is 50.2 Å². The maximum Gasteiger partial charge on any atom is 0.259 e. The van der Waals surface area contributed by atoms with Crippen LogP contribution < -0.4 is 15.5 Å². The summed E-state index contributed by atoms with van der Waals surface area (Å²) in [5.74, 6) is 0.577. The number of carbonyl (C=O) groups is 1. The Hall–Kier alpha value is -2.53. The molecule has 5 nitrogen and oxygen atoms in total. The fourth-order valence-corrected chi connectivity index (χ4v) is 2.09. The van der Waals surface area contributed by atoms with Crippen LogP contribution in [0, 0.1) is 0 Å². The van der Waals surface area contributed by atoms with Crippen LogP contribution in [-0.2, 0) is 4.79 Å². The molecule has 0 saturated carbocycles. The van der Waals surface area contributed by atoms with Gasteiger partial charge in [0.1, 0.15) is 5.75 Å². The normalized spacial score (nSPS) is 11.0. The number of benzene rings is 2. The topological polar surface area (TPSA) is 62.7 Å². The van der Waals surface area contributed by atoms with Crippen LogP contribution in [0.1, 0.15) is 19.4 Å². The first-order valence-corrected chi connectivity index (χ1v) is 8.02. The van der Waals surface area contributed by atoms with Crippen molar-refractivity contribution in [1.82, 2.24) is 5.43 Å². The number of hydrogen-bond donors (Lipinski definition) is 2. The quantitative estimate of drug-likeness (QED) is 0.594. The second kappa shape index (κ2) is 8.93. The molecule has 1 amide bonds. The highest BCUT2D eigenvalue weighted by Crippen LogP contribution is 2.15. The zero-order valence-electron chi connectivity index (χ0n) is 13.7. The van der Waals surface area contributed by atoms with Gasteiger partial charge in [-0.15, -0.1) is 0 Å². The van der Waals surface area contributed by atoms with E-state index in [4.69, 9.17) is 16.3 Å². The molecule has 0 saturated heterocycles. The van der Waals surface area contributed by atoms with Gasteiger partial charge in [0.2, 0.25) is 0 Å². The Balaban J connectivity index is 1.82. The van der Waals surface area contributed by atoms with Crippen LogP contribution >= 0.6 is 11.6 Å². The average molecular weight is 346 g/mol. The third-order valence-electron chi connectivity index (χ3n) is 3.23. The molecular weight excluding hydrogens is 326 g/mol. The van der Waals surface area contributed by atoms with Crippen LogP contribution in [0.2, 0.25) is 5.02 Å². The monoisotopic (exact) mass is 345 g/mol. The van der Waals surface area contributed by atoms with Crippen molar-refractivity contribution >= 4 is 28.9 Å². The lowest BCUT2D eigenvalue weighted by Crippen LogP contribution is -2.26. The van der Waals surface area contributed by atoms with Crippen molar-refractivity contribution in [2.75, 3.05) is 18.5 Å².